The summed E-state index contributed by atoms with van der Waals surface area (Å²) in [5, 5.41) is 0.748. The Kier molecular flexibility index (Phi) is 4.76. The Bertz CT molecular complexity index is 968. The minimum Gasteiger partial charge on any atom is -0.423 e. The molecular formula is C22H22N2O2. The molecule has 132 valence electrons. The summed E-state index contributed by atoms with van der Waals surface area (Å²) in [5.41, 5.74) is 8.77. The number of nitrogen functional groups attached to an aromatic ring is 1. The molecule has 0 atom stereocenters. The average Bonchev–Trinajstić information content (AvgIpc) is 2.59. The zero-order valence-corrected chi connectivity index (χ0v) is 15.2. The van der Waals surface area contributed by atoms with E-state index in [1.54, 1.807) is 12.1 Å². The molecule has 4 nitrogen and oxygen atoms in total. The molecule has 0 aliphatic heterocycles. The first-order valence-corrected chi connectivity index (χ1v) is 8.49. The van der Waals surface area contributed by atoms with Crippen LogP contribution in [0.25, 0.3) is 17.0 Å². The second kappa shape index (κ2) is 7.00. The highest BCUT2D eigenvalue weighted by Crippen LogP contribution is 2.26. The zero-order chi connectivity index (χ0) is 18.7. The average molecular weight is 346 g/mol. The van der Waals surface area contributed by atoms with Gasteiger partial charge in [-0.2, -0.15) is 0 Å². The van der Waals surface area contributed by atoms with Gasteiger partial charge in [0, 0.05) is 17.5 Å². The molecule has 0 aliphatic rings. The number of benzene rings is 2. The van der Waals surface area contributed by atoms with E-state index in [4.69, 9.17) is 10.5 Å². The van der Waals surface area contributed by atoms with Crippen molar-refractivity contribution in [2.24, 2.45) is 0 Å². The van der Waals surface area contributed by atoms with Crippen molar-refractivity contribution in [1.29, 1.82) is 0 Å². The largest absolute Gasteiger partial charge is 0.423 e. The van der Waals surface area contributed by atoms with Gasteiger partial charge in [0.25, 0.3) is 0 Å². The minimum absolute atomic E-state index is 0.101. The van der Waals surface area contributed by atoms with Gasteiger partial charge in [-0.3, -0.25) is 0 Å². The SMILES string of the molecule is CC(C)(C)c1ccc(C=CC(=O)Oc2cc(N)nc3ccccc23)cc1. The van der Waals surface area contributed by atoms with Crippen LogP contribution in [-0.2, 0) is 10.2 Å². The van der Waals surface area contributed by atoms with Gasteiger partial charge in [-0.15, -0.1) is 0 Å². The van der Waals surface area contributed by atoms with Crippen molar-refractivity contribution in [3.05, 3.63) is 71.8 Å². The number of para-hydroxylation sites is 1. The van der Waals surface area contributed by atoms with Gasteiger partial charge in [-0.1, -0.05) is 57.2 Å². The molecule has 0 saturated heterocycles. The Hall–Kier alpha value is -3.14. The highest BCUT2D eigenvalue weighted by Gasteiger charge is 2.12. The molecule has 0 radical (unpaired) electrons. The molecule has 0 bridgehead atoms. The first-order chi connectivity index (χ1) is 12.3. The van der Waals surface area contributed by atoms with Crippen LogP contribution in [0, 0.1) is 0 Å². The lowest BCUT2D eigenvalue weighted by Crippen LogP contribution is -2.10. The molecule has 0 unspecified atom stereocenters. The van der Waals surface area contributed by atoms with E-state index in [-0.39, 0.29) is 5.41 Å². The van der Waals surface area contributed by atoms with Crippen LogP contribution < -0.4 is 10.5 Å². The molecule has 2 aromatic carbocycles. The van der Waals surface area contributed by atoms with Gasteiger partial charge in [0.2, 0.25) is 0 Å². The number of carbonyl (C=O) groups is 1. The number of fused-ring (bicyclic) bond motifs is 1. The van der Waals surface area contributed by atoms with Crippen LogP contribution in [0.1, 0.15) is 31.9 Å². The summed E-state index contributed by atoms with van der Waals surface area (Å²) in [6, 6.07) is 17.1. The second-order valence-electron chi connectivity index (χ2n) is 7.19. The van der Waals surface area contributed by atoms with Crippen LogP contribution in [-0.4, -0.2) is 11.0 Å². The lowest BCUT2D eigenvalue weighted by molar-refractivity contribution is -0.128. The first-order valence-electron chi connectivity index (χ1n) is 8.49. The standard InChI is InChI=1S/C22H22N2O2/c1-22(2,3)16-11-8-15(9-12-16)10-13-21(25)26-19-14-20(23)24-18-7-5-4-6-17(18)19/h4-14H,1-3H3,(H2,23,24). The van der Waals surface area contributed by atoms with E-state index in [0.717, 1.165) is 10.9 Å². The second-order valence-corrected chi connectivity index (χ2v) is 7.19. The van der Waals surface area contributed by atoms with Crippen molar-refractivity contribution in [2.75, 3.05) is 5.73 Å². The van der Waals surface area contributed by atoms with Crippen LogP contribution in [0.2, 0.25) is 0 Å². The van der Waals surface area contributed by atoms with Crippen LogP contribution in [0.3, 0.4) is 0 Å². The van der Waals surface area contributed by atoms with E-state index in [2.05, 4.69) is 37.9 Å². The zero-order valence-electron chi connectivity index (χ0n) is 15.2. The fourth-order valence-electron chi connectivity index (χ4n) is 2.65. The van der Waals surface area contributed by atoms with Crippen LogP contribution in [0.15, 0.2) is 60.7 Å². The maximum atomic E-state index is 12.2. The minimum atomic E-state index is -0.458. The smallest absolute Gasteiger partial charge is 0.336 e. The maximum absolute atomic E-state index is 12.2. The number of nitrogens with two attached hydrogens (primary N) is 1. The quantitative estimate of drug-likeness (QED) is 0.550. The fourth-order valence-corrected chi connectivity index (χ4v) is 2.65. The molecule has 1 heterocycles. The molecule has 2 N–H and O–H groups in total. The van der Waals surface area contributed by atoms with E-state index in [9.17, 15) is 4.79 Å². The molecule has 0 aliphatic carbocycles. The van der Waals surface area contributed by atoms with E-state index in [1.165, 1.54) is 11.6 Å². The Labute approximate surface area is 153 Å². The number of aromatic nitrogens is 1. The van der Waals surface area contributed by atoms with Crippen LogP contribution in [0.4, 0.5) is 5.82 Å². The van der Waals surface area contributed by atoms with Crippen molar-refractivity contribution in [2.45, 2.75) is 26.2 Å². The summed E-state index contributed by atoms with van der Waals surface area (Å²) in [4.78, 5) is 16.4. The molecule has 0 saturated carbocycles. The van der Waals surface area contributed by atoms with E-state index in [0.29, 0.717) is 17.1 Å². The van der Waals surface area contributed by atoms with Gasteiger partial charge in [-0.25, -0.2) is 9.78 Å². The molecular weight excluding hydrogens is 324 g/mol. The lowest BCUT2D eigenvalue weighted by atomic mass is 9.87. The highest BCUT2D eigenvalue weighted by atomic mass is 16.5. The number of pyridine rings is 1. The number of nitrogens with zero attached hydrogens (tertiary/aromatic N) is 1. The van der Waals surface area contributed by atoms with Crippen molar-refractivity contribution in [1.82, 2.24) is 4.98 Å². The van der Waals surface area contributed by atoms with Gasteiger partial charge in [-0.05, 0) is 34.8 Å². The Morgan fingerprint density at radius 1 is 1.08 bits per heavy atom. The van der Waals surface area contributed by atoms with Gasteiger partial charge >= 0.3 is 5.97 Å². The third kappa shape index (κ3) is 4.09. The fraction of sp³-hybridized carbons (Fsp3) is 0.182. The number of ether oxygens (including phenoxy) is 1. The van der Waals surface area contributed by atoms with Gasteiger partial charge in [0.05, 0.1) is 5.52 Å². The molecule has 3 aromatic rings. The number of carbonyl (C=O) groups excluding carboxylic acids is 1. The molecule has 4 heteroatoms. The molecule has 1 aromatic heterocycles. The van der Waals surface area contributed by atoms with Crippen molar-refractivity contribution < 1.29 is 9.53 Å². The summed E-state index contributed by atoms with van der Waals surface area (Å²) in [6.45, 7) is 6.50. The third-order valence-corrected chi connectivity index (χ3v) is 4.10. The van der Waals surface area contributed by atoms with E-state index in [1.807, 2.05) is 36.4 Å². The topological polar surface area (TPSA) is 65.2 Å². The lowest BCUT2D eigenvalue weighted by Gasteiger charge is -2.18. The monoisotopic (exact) mass is 346 g/mol. The van der Waals surface area contributed by atoms with Gasteiger partial charge in [0.15, 0.2) is 0 Å². The van der Waals surface area contributed by atoms with Crippen LogP contribution >= 0.6 is 0 Å². The van der Waals surface area contributed by atoms with E-state index < -0.39 is 5.97 Å². The van der Waals surface area contributed by atoms with E-state index >= 15 is 0 Å². The molecule has 0 fully saturated rings. The number of esters is 1. The summed E-state index contributed by atoms with van der Waals surface area (Å²) in [5.74, 6) is 0.264. The first kappa shape index (κ1) is 17.7. The molecule has 3 rings (SSSR count). The van der Waals surface area contributed by atoms with Crippen molar-refractivity contribution >= 4 is 28.8 Å². The number of hydrogen-bond acceptors (Lipinski definition) is 4. The maximum Gasteiger partial charge on any atom is 0.336 e. The van der Waals surface area contributed by atoms with Gasteiger partial charge in [0.1, 0.15) is 11.6 Å². The summed E-state index contributed by atoms with van der Waals surface area (Å²) < 4.78 is 5.46. The molecule has 0 amide bonds. The summed E-state index contributed by atoms with van der Waals surface area (Å²) in [6.07, 6.45) is 3.15. The Morgan fingerprint density at radius 2 is 1.77 bits per heavy atom. The predicted octanol–water partition coefficient (Wildman–Crippen LogP) is 4.73. The van der Waals surface area contributed by atoms with Crippen LogP contribution in [0.5, 0.6) is 5.75 Å². The Balaban J connectivity index is 1.76. The highest BCUT2D eigenvalue weighted by molar-refractivity contribution is 5.93. The molecule has 0 spiro atoms. The summed E-state index contributed by atoms with van der Waals surface area (Å²) >= 11 is 0. The van der Waals surface area contributed by atoms with Crippen molar-refractivity contribution in [3.63, 3.8) is 0 Å². The predicted molar refractivity (Wildman–Crippen MR) is 106 cm³/mol. The number of anilines is 1. The van der Waals surface area contributed by atoms with Gasteiger partial charge < -0.3 is 10.5 Å². The number of hydrogen-bond donors (Lipinski definition) is 1. The number of rotatable bonds is 3. The summed E-state index contributed by atoms with van der Waals surface area (Å²) in [7, 11) is 0. The van der Waals surface area contributed by atoms with Crippen molar-refractivity contribution in [3.8, 4) is 5.75 Å². The Morgan fingerprint density at radius 3 is 2.46 bits per heavy atom. The normalized spacial score (nSPS) is 11.8. The third-order valence-electron chi connectivity index (χ3n) is 4.10. The molecule has 26 heavy (non-hydrogen) atoms.